The number of anilines is 1. The summed E-state index contributed by atoms with van der Waals surface area (Å²) >= 11 is 0. The van der Waals surface area contributed by atoms with Crippen LogP contribution < -0.4 is 15.0 Å². The molecule has 0 saturated carbocycles. The Hall–Kier alpha value is -3.83. The third-order valence-electron chi connectivity index (χ3n) is 6.41. The Bertz CT molecular complexity index is 1460. The minimum atomic E-state index is -0.635. The molecule has 4 aromatic rings. The molecule has 35 heavy (non-hydrogen) atoms. The molecule has 0 spiro atoms. The molecule has 2 aromatic heterocycles. The van der Waals surface area contributed by atoms with Gasteiger partial charge in [0.1, 0.15) is 22.8 Å². The number of piperazine rings is 1. The second-order valence-corrected chi connectivity index (χ2v) is 8.57. The van der Waals surface area contributed by atoms with Gasteiger partial charge >= 0.3 is 6.01 Å². The van der Waals surface area contributed by atoms with E-state index in [-0.39, 0.29) is 22.8 Å². The van der Waals surface area contributed by atoms with Crippen LogP contribution >= 0.6 is 0 Å². The van der Waals surface area contributed by atoms with Crippen molar-refractivity contribution in [1.29, 1.82) is 0 Å². The van der Waals surface area contributed by atoms with E-state index in [0.29, 0.717) is 40.1 Å². The lowest BCUT2D eigenvalue weighted by Crippen LogP contribution is -2.51. The van der Waals surface area contributed by atoms with Gasteiger partial charge < -0.3 is 15.0 Å². The Kier molecular flexibility index (Phi) is 6.18. The van der Waals surface area contributed by atoms with E-state index in [1.54, 1.807) is 30.5 Å². The van der Waals surface area contributed by atoms with Gasteiger partial charge in [-0.1, -0.05) is 43.5 Å². The Balaban J connectivity index is 1.71. The summed E-state index contributed by atoms with van der Waals surface area (Å²) in [5, 5.41) is 5.14. The highest BCUT2D eigenvalue weighted by molar-refractivity contribution is 6.02. The number of hydrogen-bond acceptors (Lipinski definition) is 6. The Morgan fingerprint density at radius 1 is 1.23 bits per heavy atom. The van der Waals surface area contributed by atoms with Gasteiger partial charge in [0.25, 0.3) is 0 Å². The molecule has 0 radical (unpaired) electrons. The lowest BCUT2D eigenvalue weighted by molar-refractivity contribution is 0.379. The number of ether oxygens (including phenoxy) is 1. The van der Waals surface area contributed by atoms with Crippen LogP contribution in [0, 0.1) is 24.0 Å². The van der Waals surface area contributed by atoms with Crippen LogP contribution in [0.2, 0.25) is 0 Å². The second-order valence-electron chi connectivity index (χ2n) is 8.57. The molecule has 1 unspecified atom stereocenters. The first-order chi connectivity index (χ1) is 17.0. The number of methoxy groups -OCH3 is 1. The zero-order chi connectivity index (χ0) is 24.5. The quantitative estimate of drug-likeness (QED) is 0.425. The fourth-order valence-corrected chi connectivity index (χ4v) is 4.79. The monoisotopic (exact) mass is 473 g/mol. The van der Waals surface area contributed by atoms with Crippen LogP contribution in [-0.4, -0.2) is 47.7 Å². The molecule has 0 bridgehead atoms. The molecule has 3 heterocycles. The minimum Gasteiger partial charge on any atom is -0.467 e. The number of terminal acetylenes is 1. The Labute approximate surface area is 202 Å². The first-order valence-electron chi connectivity index (χ1n) is 11.6. The molecule has 6 nitrogen and oxygen atoms in total. The average molecular weight is 474 g/mol. The third-order valence-corrected chi connectivity index (χ3v) is 6.41. The highest BCUT2D eigenvalue weighted by Gasteiger charge is 2.25. The second kappa shape index (κ2) is 9.43. The number of aromatic nitrogens is 3. The van der Waals surface area contributed by atoms with Crippen LogP contribution in [-0.2, 0) is 0 Å². The first-order valence-corrected chi connectivity index (χ1v) is 11.6. The highest BCUT2D eigenvalue weighted by atomic mass is 19.1. The average Bonchev–Trinajstić information content (AvgIpc) is 2.88. The number of nitrogens with zero attached hydrogens (tertiary/aromatic N) is 4. The predicted octanol–water partition coefficient (Wildman–Crippen LogP) is 4.69. The van der Waals surface area contributed by atoms with Crippen LogP contribution in [0.3, 0.4) is 0 Å². The van der Waals surface area contributed by atoms with Crippen molar-refractivity contribution in [3.05, 3.63) is 53.7 Å². The molecule has 2 aromatic carbocycles. The molecule has 1 aliphatic heterocycles. The molecule has 0 amide bonds. The van der Waals surface area contributed by atoms with Crippen LogP contribution in [0.15, 0.2) is 36.5 Å². The summed E-state index contributed by atoms with van der Waals surface area (Å²) in [5.74, 6) is 1.81. The summed E-state index contributed by atoms with van der Waals surface area (Å²) in [4.78, 5) is 15.5. The van der Waals surface area contributed by atoms with Crippen LogP contribution in [0.1, 0.15) is 25.3 Å². The summed E-state index contributed by atoms with van der Waals surface area (Å²) in [6.07, 6.45) is 9.28. The van der Waals surface area contributed by atoms with Crippen molar-refractivity contribution in [3.8, 4) is 29.6 Å². The van der Waals surface area contributed by atoms with Gasteiger partial charge in [-0.25, -0.2) is 8.78 Å². The van der Waals surface area contributed by atoms with Gasteiger partial charge in [0.2, 0.25) is 0 Å². The van der Waals surface area contributed by atoms with Gasteiger partial charge in [0.15, 0.2) is 5.82 Å². The summed E-state index contributed by atoms with van der Waals surface area (Å²) in [6, 6.07) is 8.58. The third kappa shape index (κ3) is 4.02. The molecule has 1 saturated heterocycles. The Morgan fingerprint density at radius 2 is 2.09 bits per heavy atom. The number of fused-ring (bicyclic) bond motifs is 2. The van der Waals surface area contributed by atoms with E-state index in [0.717, 1.165) is 25.9 Å². The number of halogens is 2. The number of pyridine rings is 1. The lowest BCUT2D eigenvalue weighted by Gasteiger charge is -2.35. The van der Waals surface area contributed by atoms with Crippen molar-refractivity contribution in [2.24, 2.45) is 0 Å². The fourth-order valence-electron chi connectivity index (χ4n) is 4.79. The number of benzene rings is 2. The predicted molar refractivity (Wildman–Crippen MR) is 134 cm³/mol. The molecule has 1 atom stereocenters. The van der Waals surface area contributed by atoms with Gasteiger partial charge in [0, 0.05) is 42.8 Å². The zero-order valence-corrected chi connectivity index (χ0v) is 19.6. The van der Waals surface area contributed by atoms with Gasteiger partial charge in [0.05, 0.1) is 18.1 Å². The van der Waals surface area contributed by atoms with Gasteiger partial charge in [-0.3, -0.25) is 4.98 Å². The molecular weight excluding hydrogens is 448 g/mol. The normalized spacial score (nSPS) is 16.0. The summed E-state index contributed by atoms with van der Waals surface area (Å²) in [6.45, 7) is 4.39. The Morgan fingerprint density at radius 3 is 2.86 bits per heavy atom. The first kappa shape index (κ1) is 22.9. The van der Waals surface area contributed by atoms with Gasteiger partial charge in [-0.15, -0.1) is 6.42 Å². The molecule has 5 rings (SSSR count). The van der Waals surface area contributed by atoms with Gasteiger partial charge in [-0.05, 0) is 17.9 Å². The largest absolute Gasteiger partial charge is 0.467 e. The van der Waals surface area contributed by atoms with Crippen molar-refractivity contribution in [2.75, 3.05) is 31.6 Å². The van der Waals surface area contributed by atoms with Crippen molar-refractivity contribution >= 4 is 27.5 Å². The van der Waals surface area contributed by atoms with Crippen molar-refractivity contribution in [2.45, 2.75) is 25.8 Å². The highest BCUT2D eigenvalue weighted by Crippen LogP contribution is 2.36. The van der Waals surface area contributed by atoms with E-state index in [2.05, 4.69) is 38.0 Å². The topological polar surface area (TPSA) is 63.2 Å². The summed E-state index contributed by atoms with van der Waals surface area (Å²) in [7, 11) is 1.45. The van der Waals surface area contributed by atoms with Crippen molar-refractivity contribution in [1.82, 2.24) is 20.3 Å². The number of hydrogen-bond donors (Lipinski definition) is 1. The standard InChI is InChI=1S/C27H25F2N5O/c1-4-7-17-15-34(13-12-30-17)26-20-14-31-24(23(29)25(20)32-27(33-26)35-3)19-9-6-8-16-10-11-21(28)18(5-2)22(16)19/h2,6,8-11,14,17,30H,4,7,12-13,15H2,1,3H3. The van der Waals surface area contributed by atoms with Crippen LogP contribution in [0.25, 0.3) is 32.9 Å². The van der Waals surface area contributed by atoms with Crippen molar-refractivity contribution < 1.29 is 13.5 Å². The van der Waals surface area contributed by atoms with E-state index < -0.39 is 11.6 Å². The fraction of sp³-hybridized carbons (Fsp3) is 0.296. The van der Waals surface area contributed by atoms with E-state index in [4.69, 9.17) is 11.2 Å². The van der Waals surface area contributed by atoms with Crippen LogP contribution in [0.5, 0.6) is 6.01 Å². The molecule has 178 valence electrons. The molecule has 1 N–H and O–H groups in total. The molecular formula is C27H25F2N5O. The van der Waals surface area contributed by atoms with E-state index >= 15 is 4.39 Å². The van der Waals surface area contributed by atoms with E-state index in [1.807, 2.05) is 0 Å². The minimum absolute atomic E-state index is 0.0427. The molecule has 8 heteroatoms. The maximum atomic E-state index is 16.1. The number of rotatable bonds is 5. The van der Waals surface area contributed by atoms with Crippen LogP contribution in [0.4, 0.5) is 14.6 Å². The summed E-state index contributed by atoms with van der Waals surface area (Å²) in [5.41, 5.74) is 0.612. The SMILES string of the molecule is C#Cc1c(F)ccc2cccc(-c3ncc4c(N5CCNC(CCC)C5)nc(OC)nc4c3F)c12. The van der Waals surface area contributed by atoms with Crippen molar-refractivity contribution in [3.63, 3.8) is 0 Å². The summed E-state index contributed by atoms with van der Waals surface area (Å²) < 4.78 is 35.9. The zero-order valence-electron chi connectivity index (χ0n) is 19.6. The number of nitrogens with one attached hydrogen (secondary N) is 1. The molecule has 1 aliphatic rings. The van der Waals surface area contributed by atoms with E-state index in [1.165, 1.54) is 13.2 Å². The maximum Gasteiger partial charge on any atom is 0.318 e. The smallest absolute Gasteiger partial charge is 0.318 e. The van der Waals surface area contributed by atoms with Gasteiger partial charge in [-0.2, -0.15) is 9.97 Å². The molecule has 0 aliphatic carbocycles. The van der Waals surface area contributed by atoms with E-state index in [9.17, 15) is 4.39 Å². The lowest BCUT2D eigenvalue weighted by atomic mass is 9.96. The molecule has 1 fully saturated rings. The maximum absolute atomic E-state index is 16.1.